The van der Waals surface area contributed by atoms with Gasteiger partial charge in [0.15, 0.2) is 11.4 Å². The number of ether oxygens (including phenoxy) is 1. The number of rotatable bonds is 5. The van der Waals surface area contributed by atoms with Gasteiger partial charge < -0.3 is 14.7 Å². The van der Waals surface area contributed by atoms with Gasteiger partial charge in [-0.2, -0.15) is 0 Å². The first-order chi connectivity index (χ1) is 9.19. The summed E-state index contributed by atoms with van der Waals surface area (Å²) >= 11 is 0. The minimum absolute atomic E-state index is 0.00824. The molecule has 0 atom stereocenters. The summed E-state index contributed by atoms with van der Waals surface area (Å²) < 4.78 is 5.32. The van der Waals surface area contributed by atoms with Gasteiger partial charge in [0.25, 0.3) is 0 Å². The number of anilines is 1. The highest BCUT2D eigenvalue weighted by atomic mass is 16.5. The Hall–Kier alpha value is -1.78. The number of aromatic nitrogens is 1. The zero-order valence-corrected chi connectivity index (χ0v) is 11.5. The fourth-order valence-corrected chi connectivity index (χ4v) is 2.62. The van der Waals surface area contributed by atoms with E-state index in [4.69, 9.17) is 4.74 Å². The van der Waals surface area contributed by atoms with E-state index < -0.39 is 5.97 Å². The van der Waals surface area contributed by atoms with Crippen LogP contribution in [0, 0.1) is 0 Å². The van der Waals surface area contributed by atoms with Crippen LogP contribution >= 0.6 is 0 Å². The minimum Gasteiger partial charge on any atom is -0.494 e. The van der Waals surface area contributed by atoms with Gasteiger partial charge in [0.05, 0.1) is 19.0 Å². The van der Waals surface area contributed by atoms with E-state index in [2.05, 4.69) is 16.8 Å². The fraction of sp³-hybridized carbons (Fsp3) is 0.571. The Morgan fingerprint density at radius 2 is 2.16 bits per heavy atom. The molecule has 1 aliphatic heterocycles. The molecule has 19 heavy (non-hydrogen) atoms. The number of pyridine rings is 1. The molecule has 2 heterocycles. The predicted octanol–water partition coefficient (Wildman–Crippen LogP) is 2.34. The molecule has 1 N–H and O–H groups in total. The number of methoxy groups -OCH3 is 1. The molecule has 0 aromatic carbocycles. The van der Waals surface area contributed by atoms with Crippen molar-refractivity contribution in [1.29, 1.82) is 0 Å². The largest absolute Gasteiger partial charge is 0.494 e. The number of carboxylic acids is 1. The molecule has 0 aliphatic carbocycles. The van der Waals surface area contributed by atoms with Crippen LogP contribution in [0.15, 0.2) is 6.20 Å². The van der Waals surface area contributed by atoms with Crippen molar-refractivity contribution in [2.24, 2.45) is 0 Å². The SMILES string of the molecule is CCCc1c(N2CCCC2)cnc(C(=O)O)c1OC. The molecular weight excluding hydrogens is 244 g/mol. The molecular formula is C14H20N2O3. The normalized spacial score (nSPS) is 14.7. The number of hydrogen-bond donors (Lipinski definition) is 1. The lowest BCUT2D eigenvalue weighted by Gasteiger charge is -2.23. The van der Waals surface area contributed by atoms with Crippen LogP contribution in [0.5, 0.6) is 5.75 Å². The maximum absolute atomic E-state index is 11.2. The molecule has 5 nitrogen and oxygen atoms in total. The van der Waals surface area contributed by atoms with Crippen LogP contribution in [0.2, 0.25) is 0 Å². The Bertz CT molecular complexity index is 468. The number of carbonyl (C=O) groups is 1. The lowest BCUT2D eigenvalue weighted by Crippen LogP contribution is -2.21. The standard InChI is InChI=1S/C14H20N2O3/c1-3-6-10-11(16-7-4-5-8-16)9-15-12(14(17)18)13(10)19-2/h9H,3-8H2,1-2H3,(H,17,18). The first-order valence-electron chi connectivity index (χ1n) is 6.73. The van der Waals surface area contributed by atoms with E-state index >= 15 is 0 Å². The molecule has 1 saturated heterocycles. The number of aromatic carboxylic acids is 1. The third-order valence-electron chi connectivity index (χ3n) is 3.47. The topological polar surface area (TPSA) is 62.7 Å². The van der Waals surface area contributed by atoms with Gasteiger partial charge in [-0.15, -0.1) is 0 Å². The van der Waals surface area contributed by atoms with Gasteiger partial charge in [-0.1, -0.05) is 13.3 Å². The Labute approximate surface area is 113 Å². The fourth-order valence-electron chi connectivity index (χ4n) is 2.62. The van der Waals surface area contributed by atoms with Crippen LogP contribution in [0.25, 0.3) is 0 Å². The van der Waals surface area contributed by atoms with Gasteiger partial charge in [-0.05, 0) is 19.3 Å². The maximum Gasteiger partial charge on any atom is 0.358 e. The Kier molecular flexibility index (Phi) is 4.24. The van der Waals surface area contributed by atoms with E-state index in [9.17, 15) is 9.90 Å². The third kappa shape index (κ3) is 2.64. The summed E-state index contributed by atoms with van der Waals surface area (Å²) in [6, 6.07) is 0. The van der Waals surface area contributed by atoms with Crippen molar-refractivity contribution in [2.75, 3.05) is 25.1 Å². The minimum atomic E-state index is -1.04. The van der Waals surface area contributed by atoms with E-state index in [1.165, 1.54) is 20.0 Å². The highest BCUT2D eigenvalue weighted by Gasteiger charge is 2.23. The predicted molar refractivity (Wildman–Crippen MR) is 73.2 cm³/mol. The molecule has 0 radical (unpaired) electrons. The summed E-state index contributed by atoms with van der Waals surface area (Å²) in [7, 11) is 1.51. The molecule has 2 rings (SSSR count). The van der Waals surface area contributed by atoms with Gasteiger partial charge >= 0.3 is 5.97 Å². The van der Waals surface area contributed by atoms with Crippen molar-refractivity contribution in [2.45, 2.75) is 32.6 Å². The summed E-state index contributed by atoms with van der Waals surface area (Å²) in [5.74, 6) is -0.624. The smallest absolute Gasteiger partial charge is 0.358 e. The van der Waals surface area contributed by atoms with Gasteiger partial charge in [0.2, 0.25) is 0 Å². The second-order valence-electron chi connectivity index (χ2n) is 4.75. The molecule has 0 amide bonds. The number of nitrogens with zero attached hydrogens (tertiary/aromatic N) is 2. The summed E-state index contributed by atoms with van der Waals surface area (Å²) in [6.45, 7) is 4.09. The van der Waals surface area contributed by atoms with Crippen molar-refractivity contribution in [3.05, 3.63) is 17.5 Å². The van der Waals surface area contributed by atoms with Crippen LogP contribution < -0.4 is 9.64 Å². The molecule has 5 heteroatoms. The number of hydrogen-bond acceptors (Lipinski definition) is 4. The van der Waals surface area contributed by atoms with E-state index in [-0.39, 0.29) is 5.69 Å². The Balaban J connectivity index is 2.50. The first kappa shape index (κ1) is 13.6. The van der Waals surface area contributed by atoms with Gasteiger partial charge in [-0.3, -0.25) is 0 Å². The van der Waals surface area contributed by atoms with Crippen LogP contribution in [0.1, 0.15) is 42.2 Å². The molecule has 1 aromatic heterocycles. The second-order valence-corrected chi connectivity index (χ2v) is 4.75. The highest BCUT2D eigenvalue weighted by molar-refractivity contribution is 5.90. The van der Waals surface area contributed by atoms with E-state index in [0.29, 0.717) is 5.75 Å². The lowest BCUT2D eigenvalue weighted by atomic mass is 10.1. The van der Waals surface area contributed by atoms with Gasteiger partial charge in [-0.25, -0.2) is 9.78 Å². The molecule has 0 unspecified atom stereocenters. The highest BCUT2D eigenvalue weighted by Crippen LogP contribution is 2.34. The van der Waals surface area contributed by atoms with Crippen molar-refractivity contribution in [3.8, 4) is 5.75 Å². The van der Waals surface area contributed by atoms with Crippen molar-refractivity contribution < 1.29 is 14.6 Å². The Morgan fingerprint density at radius 1 is 1.47 bits per heavy atom. The lowest BCUT2D eigenvalue weighted by molar-refractivity contribution is 0.0686. The van der Waals surface area contributed by atoms with Crippen molar-refractivity contribution in [3.63, 3.8) is 0 Å². The monoisotopic (exact) mass is 264 g/mol. The molecule has 0 spiro atoms. The summed E-state index contributed by atoms with van der Waals surface area (Å²) in [5.41, 5.74) is 2.01. The van der Waals surface area contributed by atoms with E-state index in [1.807, 2.05) is 0 Å². The summed E-state index contributed by atoms with van der Waals surface area (Å²) in [4.78, 5) is 17.6. The molecule has 1 aromatic rings. The zero-order valence-electron chi connectivity index (χ0n) is 11.5. The molecule has 0 saturated carbocycles. The second kappa shape index (κ2) is 5.91. The number of carboxylic acid groups (broad SMARTS) is 1. The third-order valence-corrected chi connectivity index (χ3v) is 3.47. The van der Waals surface area contributed by atoms with Gasteiger partial charge in [0.1, 0.15) is 0 Å². The van der Waals surface area contributed by atoms with Gasteiger partial charge in [0, 0.05) is 18.7 Å². The average molecular weight is 264 g/mol. The first-order valence-corrected chi connectivity index (χ1v) is 6.73. The van der Waals surface area contributed by atoms with Crippen LogP contribution in [-0.4, -0.2) is 36.3 Å². The zero-order chi connectivity index (χ0) is 13.8. The average Bonchev–Trinajstić information content (AvgIpc) is 2.92. The van der Waals surface area contributed by atoms with Crippen LogP contribution in [0.4, 0.5) is 5.69 Å². The molecule has 1 aliphatic rings. The summed E-state index contributed by atoms with van der Waals surface area (Å²) in [6.07, 6.45) is 5.78. The van der Waals surface area contributed by atoms with E-state index in [1.54, 1.807) is 6.20 Å². The van der Waals surface area contributed by atoms with Crippen LogP contribution in [0.3, 0.4) is 0 Å². The summed E-state index contributed by atoms with van der Waals surface area (Å²) in [5, 5.41) is 9.19. The molecule has 1 fully saturated rings. The van der Waals surface area contributed by atoms with E-state index in [0.717, 1.165) is 37.2 Å². The maximum atomic E-state index is 11.2. The molecule has 104 valence electrons. The van der Waals surface area contributed by atoms with Crippen molar-refractivity contribution >= 4 is 11.7 Å². The van der Waals surface area contributed by atoms with Crippen LogP contribution in [-0.2, 0) is 6.42 Å². The quantitative estimate of drug-likeness (QED) is 0.884. The molecule has 0 bridgehead atoms. The van der Waals surface area contributed by atoms with Crippen molar-refractivity contribution in [1.82, 2.24) is 4.98 Å². The Morgan fingerprint density at radius 3 is 2.68 bits per heavy atom.